The lowest BCUT2D eigenvalue weighted by molar-refractivity contribution is 0.0929. The largest absolute Gasteiger partial charge is 0.493 e. The normalized spacial score (nSPS) is 11.2. The van der Waals surface area contributed by atoms with Gasteiger partial charge in [-0.25, -0.2) is 5.43 Å². The first-order valence-corrected chi connectivity index (χ1v) is 11.1. The highest BCUT2D eigenvalue weighted by Crippen LogP contribution is 2.32. The van der Waals surface area contributed by atoms with Crippen LogP contribution in [0.3, 0.4) is 0 Å². The fourth-order valence-corrected chi connectivity index (χ4v) is 4.23. The minimum absolute atomic E-state index is 0.151. The number of hydrogen-bond donors (Lipinski definition) is 1. The van der Waals surface area contributed by atoms with Crippen molar-refractivity contribution in [1.29, 1.82) is 0 Å². The van der Waals surface area contributed by atoms with E-state index in [1.807, 2.05) is 54.6 Å². The molecule has 0 aliphatic carbocycles. The summed E-state index contributed by atoms with van der Waals surface area (Å²) in [4.78, 5) is 14.6. The predicted molar refractivity (Wildman–Crippen MR) is 128 cm³/mol. The number of carbonyl (C=O) groups excluding carboxylic acids is 1. The fraction of sp³-hybridized carbons (Fsp3) is 0.0435. The van der Waals surface area contributed by atoms with E-state index in [-0.39, 0.29) is 5.76 Å². The molecule has 5 nitrogen and oxygen atoms in total. The Morgan fingerprint density at radius 3 is 2.45 bits per heavy atom. The standard InChI is InChI=1S/C23H16BrClN2O3S/c1-29-20-12-16(24)10-15-11-21(30-22(15)20)23(28)27-26-13-14-2-6-18(7-3-14)31-19-8-4-17(25)5-9-19/h2-13H,1H3,(H,27,28)/b26-13-. The van der Waals surface area contributed by atoms with Crippen LogP contribution in [0.4, 0.5) is 0 Å². The number of ether oxygens (including phenoxy) is 1. The maximum atomic E-state index is 12.4. The molecule has 0 radical (unpaired) electrons. The van der Waals surface area contributed by atoms with Crippen molar-refractivity contribution in [2.24, 2.45) is 5.10 Å². The van der Waals surface area contributed by atoms with E-state index in [1.54, 1.807) is 37.2 Å². The second-order valence-electron chi connectivity index (χ2n) is 6.46. The smallest absolute Gasteiger partial charge is 0.307 e. The van der Waals surface area contributed by atoms with Gasteiger partial charge in [0, 0.05) is 24.7 Å². The number of hydrogen-bond acceptors (Lipinski definition) is 5. The lowest BCUT2D eigenvalue weighted by atomic mass is 10.2. The van der Waals surface area contributed by atoms with Crippen molar-refractivity contribution in [2.45, 2.75) is 9.79 Å². The van der Waals surface area contributed by atoms with Crippen LogP contribution in [-0.4, -0.2) is 19.2 Å². The Balaban J connectivity index is 1.39. The Labute approximate surface area is 196 Å². The lowest BCUT2D eigenvalue weighted by Gasteiger charge is -2.02. The van der Waals surface area contributed by atoms with E-state index < -0.39 is 5.91 Å². The summed E-state index contributed by atoms with van der Waals surface area (Å²) in [5.41, 5.74) is 3.85. The number of halogens is 2. The maximum absolute atomic E-state index is 12.4. The summed E-state index contributed by atoms with van der Waals surface area (Å²) < 4.78 is 11.8. The summed E-state index contributed by atoms with van der Waals surface area (Å²) in [6, 6.07) is 20.8. The average Bonchev–Trinajstić information content (AvgIpc) is 3.20. The number of methoxy groups -OCH3 is 1. The van der Waals surface area contributed by atoms with Crippen LogP contribution in [0, 0.1) is 0 Å². The van der Waals surface area contributed by atoms with E-state index in [2.05, 4.69) is 26.5 Å². The van der Waals surface area contributed by atoms with Crippen molar-refractivity contribution in [3.63, 3.8) is 0 Å². The highest BCUT2D eigenvalue weighted by molar-refractivity contribution is 9.10. The molecule has 0 unspecified atom stereocenters. The molecule has 0 spiro atoms. The fourth-order valence-electron chi connectivity index (χ4n) is 2.83. The number of fused-ring (bicyclic) bond motifs is 1. The highest BCUT2D eigenvalue weighted by Gasteiger charge is 2.15. The summed E-state index contributed by atoms with van der Waals surface area (Å²) in [6.45, 7) is 0. The second kappa shape index (κ2) is 9.60. The molecule has 1 heterocycles. The van der Waals surface area contributed by atoms with Crippen LogP contribution in [0.15, 0.2) is 90.5 Å². The third kappa shape index (κ3) is 5.31. The van der Waals surface area contributed by atoms with Gasteiger partial charge in [-0.15, -0.1) is 0 Å². The van der Waals surface area contributed by atoms with Crippen molar-refractivity contribution in [3.05, 3.63) is 87.5 Å². The van der Waals surface area contributed by atoms with Crippen molar-refractivity contribution >= 4 is 62.4 Å². The molecule has 4 aromatic rings. The van der Waals surface area contributed by atoms with E-state index in [0.717, 1.165) is 25.2 Å². The zero-order valence-electron chi connectivity index (χ0n) is 16.3. The SMILES string of the molecule is COc1cc(Br)cc2cc(C(=O)N/N=C\c3ccc(Sc4ccc(Cl)cc4)cc3)oc12. The Morgan fingerprint density at radius 1 is 1.10 bits per heavy atom. The Kier molecular flexibility index (Phi) is 6.65. The van der Waals surface area contributed by atoms with Gasteiger partial charge >= 0.3 is 5.91 Å². The van der Waals surface area contributed by atoms with Crippen LogP contribution >= 0.6 is 39.3 Å². The van der Waals surface area contributed by atoms with Gasteiger partial charge < -0.3 is 9.15 Å². The van der Waals surface area contributed by atoms with E-state index in [0.29, 0.717) is 16.4 Å². The second-order valence-corrected chi connectivity index (χ2v) is 8.96. The van der Waals surface area contributed by atoms with Gasteiger partial charge in [0.15, 0.2) is 17.1 Å². The monoisotopic (exact) mass is 514 g/mol. The van der Waals surface area contributed by atoms with Gasteiger partial charge in [0.1, 0.15) is 0 Å². The van der Waals surface area contributed by atoms with Crippen molar-refractivity contribution in [1.82, 2.24) is 5.43 Å². The van der Waals surface area contributed by atoms with Crippen LogP contribution in [-0.2, 0) is 0 Å². The lowest BCUT2D eigenvalue weighted by Crippen LogP contribution is -2.16. The van der Waals surface area contributed by atoms with Gasteiger partial charge in [0.05, 0.1) is 13.3 Å². The van der Waals surface area contributed by atoms with E-state index >= 15 is 0 Å². The molecule has 3 aromatic carbocycles. The van der Waals surface area contributed by atoms with Gasteiger partial charge in [-0.3, -0.25) is 4.79 Å². The molecule has 0 fully saturated rings. The third-order valence-corrected chi connectivity index (χ3v) is 6.03. The van der Waals surface area contributed by atoms with Crippen LogP contribution in [0.25, 0.3) is 11.0 Å². The van der Waals surface area contributed by atoms with Gasteiger partial charge in [0.2, 0.25) is 0 Å². The number of rotatable bonds is 6. The minimum Gasteiger partial charge on any atom is -0.493 e. The van der Waals surface area contributed by atoms with Crippen molar-refractivity contribution < 1.29 is 13.9 Å². The molecule has 1 N–H and O–H groups in total. The summed E-state index contributed by atoms with van der Waals surface area (Å²) in [5.74, 6) is 0.252. The number of amides is 1. The molecule has 31 heavy (non-hydrogen) atoms. The molecule has 0 aliphatic rings. The molecule has 1 aromatic heterocycles. The Bertz CT molecular complexity index is 1250. The van der Waals surface area contributed by atoms with Crippen LogP contribution in [0.2, 0.25) is 5.02 Å². The minimum atomic E-state index is -0.444. The van der Waals surface area contributed by atoms with Crippen molar-refractivity contribution in [3.8, 4) is 5.75 Å². The predicted octanol–water partition coefficient (Wildman–Crippen LogP) is 6.77. The topological polar surface area (TPSA) is 63.8 Å². The summed E-state index contributed by atoms with van der Waals surface area (Å²) in [7, 11) is 1.55. The number of nitrogens with zero attached hydrogens (tertiary/aromatic N) is 1. The van der Waals surface area contributed by atoms with E-state index in [1.165, 1.54) is 0 Å². The Morgan fingerprint density at radius 2 is 1.77 bits per heavy atom. The van der Waals surface area contributed by atoms with Gasteiger partial charge in [-0.05, 0) is 60.2 Å². The van der Waals surface area contributed by atoms with Gasteiger partial charge in [-0.1, -0.05) is 51.4 Å². The first kappa shape index (κ1) is 21.5. The number of benzene rings is 3. The zero-order chi connectivity index (χ0) is 21.8. The van der Waals surface area contributed by atoms with E-state index in [4.69, 9.17) is 20.8 Å². The van der Waals surface area contributed by atoms with Crippen LogP contribution < -0.4 is 10.2 Å². The summed E-state index contributed by atoms with van der Waals surface area (Å²) >= 11 is 11.0. The van der Waals surface area contributed by atoms with Gasteiger partial charge in [0.25, 0.3) is 0 Å². The van der Waals surface area contributed by atoms with Crippen LogP contribution in [0.5, 0.6) is 5.75 Å². The summed E-state index contributed by atoms with van der Waals surface area (Å²) in [6.07, 6.45) is 1.58. The molecule has 0 atom stereocenters. The molecule has 1 amide bonds. The number of nitrogens with one attached hydrogen (secondary N) is 1. The molecular weight excluding hydrogens is 500 g/mol. The Hall–Kier alpha value is -2.74. The molecule has 0 bridgehead atoms. The first-order chi connectivity index (χ1) is 15.0. The molecule has 0 aliphatic heterocycles. The third-order valence-electron chi connectivity index (χ3n) is 4.30. The molecule has 4 rings (SSSR count). The van der Waals surface area contributed by atoms with E-state index in [9.17, 15) is 4.79 Å². The average molecular weight is 516 g/mol. The number of carbonyl (C=O) groups is 1. The highest BCUT2D eigenvalue weighted by atomic mass is 79.9. The molecule has 0 saturated heterocycles. The molecule has 156 valence electrons. The van der Waals surface area contributed by atoms with Crippen molar-refractivity contribution in [2.75, 3.05) is 7.11 Å². The zero-order valence-corrected chi connectivity index (χ0v) is 19.4. The summed E-state index contributed by atoms with van der Waals surface area (Å²) in [5, 5.41) is 5.50. The molecule has 0 saturated carbocycles. The quantitative estimate of drug-likeness (QED) is 0.227. The van der Waals surface area contributed by atoms with Crippen LogP contribution in [0.1, 0.15) is 16.1 Å². The first-order valence-electron chi connectivity index (χ1n) is 9.16. The number of hydrazone groups is 1. The number of furan rings is 1. The molecular formula is C23H16BrClN2O3S. The maximum Gasteiger partial charge on any atom is 0.307 e. The van der Waals surface area contributed by atoms with Gasteiger partial charge in [-0.2, -0.15) is 5.10 Å². The molecule has 8 heteroatoms.